The standard InChI is InChI=1S/C15H19N3O2S2/c1-10-6-18(7-11(2)20-10)8-12-9-22-15(16-12)17-14(19)13-4-3-5-21-13/h3-5,9-11H,6-8H2,1-2H3,(H,16,17,19). The number of amides is 1. The van der Waals surface area contributed by atoms with Crippen molar-refractivity contribution in [2.24, 2.45) is 0 Å². The Labute approximate surface area is 137 Å². The van der Waals surface area contributed by atoms with Crippen LogP contribution in [0.2, 0.25) is 0 Å². The Hall–Kier alpha value is -1.28. The predicted octanol–water partition coefficient (Wildman–Crippen LogP) is 3.07. The summed E-state index contributed by atoms with van der Waals surface area (Å²) in [6.07, 6.45) is 0.501. The van der Waals surface area contributed by atoms with Crippen molar-refractivity contribution in [3.63, 3.8) is 0 Å². The molecule has 22 heavy (non-hydrogen) atoms. The van der Waals surface area contributed by atoms with Crippen molar-refractivity contribution in [2.75, 3.05) is 18.4 Å². The maximum Gasteiger partial charge on any atom is 0.267 e. The molecule has 2 unspecified atom stereocenters. The van der Waals surface area contributed by atoms with Crippen LogP contribution >= 0.6 is 22.7 Å². The Kier molecular flexibility index (Phi) is 4.87. The molecule has 5 nitrogen and oxygen atoms in total. The van der Waals surface area contributed by atoms with Crippen LogP contribution in [0.1, 0.15) is 29.2 Å². The van der Waals surface area contributed by atoms with E-state index < -0.39 is 0 Å². The van der Waals surface area contributed by atoms with E-state index in [-0.39, 0.29) is 18.1 Å². The van der Waals surface area contributed by atoms with E-state index in [0.717, 1.165) is 25.3 Å². The second-order valence-electron chi connectivity index (χ2n) is 5.53. The predicted molar refractivity (Wildman–Crippen MR) is 89.7 cm³/mol. The highest BCUT2D eigenvalue weighted by Gasteiger charge is 2.22. The van der Waals surface area contributed by atoms with Gasteiger partial charge in [-0.2, -0.15) is 0 Å². The Morgan fingerprint density at radius 2 is 2.18 bits per heavy atom. The molecule has 0 bridgehead atoms. The van der Waals surface area contributed by atoms with E-state index in [0.29, 0.717) is 10.0 Å². The molecule has 2 aromatic heterocycles. The summed E-state index contributed by atoms with van der Waals surface area (Å²) in [6, 6.07) is 3.68. The molecule has 0 aliphatic carbocycles. The first-order valence-electron chi connectivity index (χ1n) is 7.27. The first-order valence-corrected chi connectivity index (χ1v) is 9.03. The van der Waals surface area contributed by atoms with E-state index in [1.54, 1.807) is 0 Å². The van der Waals surface area contributed by atoms with Gasteiger partial charge < -0.3 is 4.74 Å². The number of hydrogen-bond donors (Lipinski definition) is 1. The summed E-state index contributed by atoms with van der Waals surface area (Å²) in [7, 11) is 0. The lowest BCUT2D eigenvalue weighted by Crippen LogP contribution is -2.44. The lowest BCUT2D eigenvalue weighted by atomic mass is 10.2. The van der Waals surface area contributed by atoms with E-state index in [2.05, 4.69) is 29.0 Å². The van der Waals surface area contributed by atoms with E-state index in [1.165, 1.54) is 22.7 Å². The molecule has 3 rings (SSSR count). The number of nitrogens with zero attached hydrogens (tertiary/aromatic N) is 2. The molecule has 0 saturated carbocycles. The largest absolute Gasteiger partial charge is 0.373 e. The van der Waals surface area contributed by atoms with Gasteiger partial charge in [0.1, 0.15) is 0 Å². The SMILES string of the molecule is CC1CN(Cc2csc(NC(=O)c3cccs3)n2)CC(C)O1. The van der Waals surface area contributed by atoms with Crippen LogP contribution in [0.15, 0.2) is 22.9 Å². The number of morpholine rings is 1. The number of hydrogen-bond acceptors (Lipinski definition) is 6. The average Bonchev–Trinajstić information content (AvgIpc) is 3.09. The summed E-state index contributed by atoms with van der Waals surface area (Å²) in [6.45, 7) is 6.81. The van der Waals surface area contributed by atoms with Crippen LogP contribution in [0, 0.1) is 0 Å². The minimum Gasteiger partial charge on any atom is -0.373 e. The lowest BCUT2D eigenvalue weighted by Gasteiger charge is -2.34. The zero-order chi connectivity index (χ0) is 15.5. The third-order valence-electron chi connectivity index (χ3n) is 3.40. The molecule has 2 aromatic rings. The van der Waals surface area contributed by atoms with E-state index in [4.69, 9.17) is 4.74 Å². The van der Waals surface area contributed by atoms with Gasteiger partial charge in [-0.25, -0.2) is 4.98 Å². The van der Waals surface area contributed by atoms with Crippen LogP contribution in [0.25, 0.3) is 0 Å². The minimum absolute atomic E-state index is 0.0930. The Bertz CT molecular complexity index is 617. The number of carbonyl (C=O) groups excluding carboxylic acids is 1. The fraction of sp³-hybridized carbons (Fsp3) is 0.467. The third-order valence-corrected chi connectivity index (χ3v) is 5.07. The van der Waals surface area contributed by atoms with E-state index in [1.807, 2.05) is 22.9 Å². The topological polar surface area (TPSA) is 54.5 Å². The van der Waals surface area contributed by atoms with E-state index in [9.17, 15) is 4.79 Å². The van der Waals surface area contributed by atoms with Gasteiger partial charge in [0.05, 0.1) is 22.8 Å². The summed E-state index contributed by atoms with van der Waals surface area (Å²) in [5.74, 6) is -0.0930. The van der Waals surface area contributed by atoms with Gasteiger partial charge in [0, 0.05) is 25.0 Å². The second-order valence-corrected chi connectivity index (χ2v) is 7.33. The minimum atomic E-state index is -0.0930. The van der Waals surface area contributed by atoms with Gasteiger partial charge in [0.2, 0.25) is 0 Å². The Morgan fingerprint density at radius 1 is 1.41 bits per heavy atom. The van der Waals surface area contributed by atoms with Gasteiger partial charge in [-0.3, -0.25) is 15.0 Å². The molecule has 7 heteroatoms. The summed E-state index contributed by atoms with van der Waals surface area (Å²) in [4.78, 5) is 19.6. The molecular formula is C15H19N3O2S2. The first kappa shape index (κ1) is 15.6. The highest BCUT2D eigenvalue weighted by atomic mass is 32.1. The average molecular weight is 337 g/mol. The zero-order valence-electron chi connectivity index (χ0n) is 12.6. The normalized spacial score (nSPS) is 22.6. The van der Waals surface area contributed by atoms with Crippen LogP contribution in [-0.4, -0.2) is 41.1 Å². The van der Waals surface area contributed by atoms with Crippen molar-refractivity contribution < 1.29 is 9.53 Å². The molecule has 1 aliphatic heterocycles. The van der Waals surface area contributed by atoms with Crippen LogP contribution in [0.5, 0.6) is 0 Å². The molecule has 0 spiro atoms. The number of rotatable bonds is 4. The monoisotopic (exact) mass is 337 g/mol. The van der Waals surface area contributed by atoms with Gasteiger partial charge in [-0.1, -0.05) is 6.07 Å². The Morgan fingerprint density at radius 3 is 2.86 bits per heavy atom. The summed E-state index contributed by atoms with van der Waals surface area (Å²) < 4.78 is 5.74. The van der Waals surface area contributed by atoms with E-state index >= 15 is 0 Å². The number of thiazole rings is 1. The summed E-state index contributed by atoms with van der Waals surface area (Å²) in [5, 5.41) is 7.41. The highest BCUT2D eigenvalue weighted by Crippen LogP contribution is 2.20. The fourth-order valence-corrected chi connectivity index (χ4v) is 3.96. The maximum absolute atomic E-state index is 12.0. The molecule has 0 radical (unpaired) electrons. The van der Waals surface area contributed by atoms with Gasteiger partial charge in [0.15, 0.2) is 5.13 Å². The van der Waals surface area contributed by atoms with Crippen molar-refractivity contribution in [1.82, 2.24) is 9.88 Å². The van der Waals surface area contributed by atoms with Gasteiger partial charge in [0.25, 0.3) is 5.91 Å². The summed E-state index contributed by atoms with van der Waals surface area (Å²) in [5.41, 5.74) is 0.993. The number of aromatic nitrogens is 1. The van der Waals surface area contributed by atoms with Crippen molar-refractivity contribution in [3.05, 3.63) is 33.5 Å². The molecule has 3 heterocycles. The number of carbonyl (C=O) groups is 1. The number of thiophene rings is 1. The van der Waals surface area contributed by atoms with Gasteiger partial charge in [-0.15, -0.1) is 22.7 Å². The third kappa shape index (κ3) is 3.92. The second kappa shape index (κ2) is 6.87. The number of nitrogens with one attached hydrogen (secondary N) is 1. The van der Waals surface area contributed by atoms with Crippen LogP contribution in [0.3, 0.4) is 0 Å². The quantitative estimate of drug-likeness (QED) is 0.931. The summed E-state index contributed by atoms with van der Waals surface area (Å²) >= 11 is 2.90. The molecular weight excluding hydrogens is 318 g/mol. The van der Waals surface area contributed by atoms with Crippen LogP contribution in [0.4, 0.5) is 5.13 Å². The van der Waals surface area contributed by atoms with Crippen LogP contribution < -0.4 is 5.32 Å². The highest BCUT2D eigenvalue weighted by molar-refractivity contribution is 7.14. The maximum atomic E-state index is 12.0. The zero-order valence-corrected chi connectivity index (χ0v) is 14.2. The van der Waals surface area contributed by atoms with Gasteiger partial charge >= 0.3 is 0 Å². The molecule has 1 amide bonds. The Balaban J connectivity index is 1.58. The molecule has 0 aromatic carbocycles. The van der Waals surface area contributed by atoms with Crippen molar-refractivity contribution in [3.8, 4) is 0 Å². The van der Waals surface area contributed by atoms with Crippen LogP contribution in [-0.2, 0) is 11.3 Å². The van der Waals surface area contributed by atoms with Crippen molar-refractivity contribution in [1.29, 1.82) is 0 Å². The lowest BCUT2D eigenvalue weighted by molar-refractivity contribution is -0.0707. The smallest absolute Gasteiger partial charge is 0.267 e. The molecule has 1 aliphatic rings. The molecule has 2 atom stereocenters. The fourth-order valence-electron chi connectivity index (χ4n) is 2.65. The first-order chi connectivity index (χ1) is 10.6. The molecule has 118 valence electrons. The number of ether oxygens (including phenoxy) is 1. The van der Waals surface area contributed by atoms with Crippen molar-refractivity contribution in [2.45, 2.75) is 32.6 Å². The number of anilines is 1. The molecule has 1 fully saturated rings. The molecule has 1 N–H and O–H groups in total. The van der Waals surface area contributed by atoms with Gasteiger partial charge in [-0.05, 0) is 25.3 Å². The molecule has 1 saturated heterocycles. The van der Waals surface area contributed by atoms with Crippen molar-refractivity contribution >= 4 is 33.7 Å².